The molecule has 2 heterocycles. The Balaban J connectivity index is 1.75. The number of aromatic amines is 1. The Bertz CT molecular complexity index is 1090. The monoisotopic (exact) mass is 439 g/mol. The van der Waals surface area contributed by atoms with Crippen molar-refractivity contribution < 1.29 is 19.1 Å². The van der Waals surface area contributed by atoms with Gasteiger partial charge in [-0.15, -0.1) is 0 Å². The van der Waals surface area contributed by atoms with Gasteiger partial charge in [0, 0.05) is 44.0 Å². The highest BCUT2D eigenvalue weighted by molar-refractivity contribution is 6.05. The number of amides is 2. The second kappa shape index (κ2) is 10.7. The number of methoxy groups -OCH3 is 1. The molecule has 32 heavy (non-hydrogen) atoms. The Kier molecular flexibility index (Phi) is 7.77. The summed E-state index contributed by atoms with van der Waals surface area (Å²) >= 11 is 0. The molecule has 9 heteroatoms. The van der Waals surface area contributed by atoms with Gasteiger partial charge in [-0.1, -0.05) is 19.9 Å². The molecule has 2 amide bonds. The molecule has 9 nitrogen and oxygen atoms in total. The normalized spacial score (nSPS) is 11.0. The predicted molar refractivity (Wildman–Crippen MR) is 122 cm³/mol. The van der Waals surface area contributed by atoms with E-state index in [9.17, 15) is 9.59 Å². The van der Waals surface area contributed by atoms with Crippen molar-refractivity contribution in [2.24, 2.45) is 5.92 Å². The van der Waals surface area contributed by atoms with E-state index in [0.717, 1.165) is 17.5 Å². The van der Waals surface area contributed by atoms with Crippen molar-refractivity contribution in [1.82, 2.24) is 25.8 Å². The lowest BCUT2D eigenvalue weighted by molar-refractivity contribution is 0.0920. The van der Waals surface area contributed by atoms with Gasteiger partial charge < -0.3 is 20.1 Å². The molecule has 0 bridgehead atoms. The topological polar surface area (TPSA) is 118 Å². The van der Waals surface area contributed by atoms with E-state index in [1.807, 2.05) is 18.2 Å². The second-order valence-corrected chi connectivity index (χ2v) is 7.77. The van der Waals surface area contributed by atoms with E-state index in [0.29, 0.717) is 47.8 Å². The van der Waals surface area contributed by atoms with Gasteiger partial charge in [-0.05, 0) is 36.1 Å². The Morgan fingerprint density at radius 3 is 2.69 bits per heavy atom. The zero-order chi connectivity index (χ0) is 23.1. The lowest BCUT2D eigenvalue weighted by Crippen LogP contribution is -2.26. The van der Waals surface area contributed by atoms with Crippen molar-refractivity contribution in [2.45, 2.75) is 20.3 Å². The molecule has 0 fully saturated rings. The quantitative estimate of drug-likeness (QED) is 0.418. The van der Waals surface area contributed by atoms with Crippen LogP contribution in [-0.4, -0.2) is 60.9 Å². The summed E-state index contributed by atoms with van der Waals surface area (Å²) in [6, 6.07) is 7.29. The van der Waals surface area contributed by atoms with E-state index in [-0.39, 0.29) is 17.7 Å². The summed E-state index contributed by atoms with van der Waals surface area (Å²) in [7, 11) is 3.04. The zero-order valence-corrected chi connectivity index (χ0v) is 18.8. The Labute approximate surface area is 186 Å². The first-order valence-electron chi connectivity index (χ1n) is 10.5. The van der Waals surface area contributed by atoms with E-state index in [4.69, 9.17) is 9.47 Å². The summed E-state index contributed by atoms with van der Waals surface area (Å²) in [6.45, 7) is 5.99. The third-order valence-corrected chi connectivity index (χ3v) is 4.83. The molecule has 0 aliphatic rings. The fourth-order valence-corrected chi connectivity index (χ4v) is 3.22. The molecule has 0 aliphatic carbocycles. The van der Waals surface area contributed by atoms with Gasteiger partial charge in [-0.3, -0.25) is 14.7 Å². The molecule has 0 spiro atoms. The number of benzene rings is 1. The van der Waals surface area contributed by atoms with Crippen LogP contribution in [-0.2, 0) is 4.74 Å². The fourth-order valence-electron chi connectivity index (χ4n) is 3.22. The number of fused-ring (bicyclic) bond motifs is 1. The van der Waals surface area contributed by atoms with Crippen molar-refractivity contribution >= 4 is 22.7 Å². The molecular weight excluding hydrogens is 410 g/mol. The van der Waals surface area contributed by atoms with Crippen LogP contribution in [0.3, 0.4) is 0 Å². The van der Waals surface area contributed by atoms with Crippen molar-refractivity contribution in [3.8, 4) is 17.0 Å². The van der Waals surface area contributed by atoms with Crippen LogP contribution in [0.15, 0.2) is 30.5 Å². The number of pyridine rings is 1. The van der Waals surface area contributed by atoms with Crippen molar-refractivity contribution in [3.05, 3.63) is 41.7 Å². The first-order valence-corrected chi connectivity index (χ1v) is 10.5. The summed E-state index contributed by atoms with van der Waals surface area (Å²) in [5.74, 6) is 0.221. The minimum atomic E-state index is -0.260. The smallest absolute Gasteiger partial charge is 0.272 e. The van der Waals surface area contributed by atoms with Gasteiger partial charge in [-0.2, -0.15) is 5.10 Å². The molecule has 0 aliphatic heterocycles. The van der Waals surface area contributed by atoms with Gasteiger partial charge in [0.2, 0.25) is 5.88 Å². The molecule has 3 rings (SSSR count). The number of ether oxygens (including phenoxy) is 2. The van der Waals surface area contributed by atoms with Gasteiger partial charge in [0.15, 0.2) is 5.69 Å². The maximum absolute atomic E-state index is 12.7. The van der Waals surface area contributed by atoms with E-state index in [2.05, 4.69) is 39.7 Å². The molecule has 1 aromatic carbocycles. The second-order valence-electron chi connectivity index (χ2n) is 7.77. The molecule has 0 saturated heterocycles. The van der Waals surface area contributed by atoms with E-state index < -0.39 is 0 Å². The van der Waals surface area contributed by atoms with Gasteiger partial charge in [0.1, 0.15) is 5.56 Å². The van der Waals surface area contributed by atoms with Gasteiger partial charge >= 0.3 is 0 Å². The molecule has 170 valence electrons. The number of aromatic nitrogens is 3. The zero-order valence-electron chi connectivity index (χ0n) is 18.8. The van der Waals surface area contributed by atoms with Crippen molar-refractivity contribution in [3.63, 3.8) is 0 Å². The molecule has 3 N–H and O–H groups in total. The largest absolute Gasteiger partial charge is 0.480 e. The Hall–Kier alpha value is -3.46. The number of hydrogen-bond acceptors (Lipinski definition) is 6. The highest BCUT2D eigenvalue weighted by Gasteiger charge is 2.17. The van der Waals surface area contributed by atoms with E-state index in [1.54, 1.807) is 19.3 Å². The first-order chi connectivity index (χ1) is 15.4. The molecule has 0 saturated carbocycles. The maximum atomic E-state index is 12.7. The van der Waals surface area contributed by atoms with Crippen LogP contribution < -0.4 is 15.4 Å². The average molecular weight is 440 g/mol. The highest BCUT2D eigenvalue weighted by Crippen LogP contribution is 2.27. The number of H-pyrrole nitrogens is 1. The average Bonchev–Trinajstić information content (AvgIpc) is 3.23. The van der Waals surface area contributed by atoms with Crippen LogP contribution in [0, 0.1) is 5.92 Å². The molecule has 0 atom stereocenters. The summed E-state index contributed by atoms with van der Waals surface area (Å²) in [6.07, 6.45) is 2.37. The van der Waals surface area contributed by atoms with Crippen LogP contribution in [0.5, 0.6) is 5.88 Å². The van der Waals surface area contributed by atoms with Gasteiger partial charge in [0.05, 0.1) is 12.6 Å². The Morgan fingerprint density at radius 2 is 1.97 bits per heavy atom. The van der Waals surface area contributed by atoms with Crippen molar-refractivity contribution in [2.75, 3.05) is 33.9 Å². The van der Waals surface area contributed by atoms with Crippen LogP contribution in [0.1, 0.15) is 41.1 Å². The Morgan fingerprint density at radius 1 is 1.16 bits per heavy atom. The summed E-state index contributed by atoms with van der Waals surface area (Å²) < 4.78 is 10.8. The standard InChI is InChI=1S/C23H29N5O4/c1-14(2)13-32-9-5-8-25-21(29)18-10-16(12-26-23(18)31-4)15-6-7-17-19(11-15)27-28-20(17)22(30)24-3/h6-7,10-12,14H,5,8-9,13H2,1-4H3,(H,24,30)(H,25,29)(H,27,28). The number of carbonyl (C=O) groups excluding carboxylic acids is 2. The molecule has 2 aromatic heterocycles. The van der Waals surface area contributed by atoms with Crippen LogP contribution in [0.4, 0.5) is 0 Å². The highest BCUT2D eigenvalue weighted by atomic mass is 16.5. The fraction of sp³-hybridized carbons (Fsp3) is 0.391. The molecular formula is C23H29N5O4. The van der Waals surface area contributed by atoms with Gasteiger partial charge in [-0.25, -0.2) is 4.98 Å². The molecule has 0 radical (unpaired) electrons. The first kappa shape index (κ1) is 23.2. The van der Waals surface area contributed by atoms with Crippen LogP contribution in [0.25, 0.3) is 22.0 Å². The minimum absolute atomic E-state index is 0.256. The SMILES string of the molecule is CNC(=O)c1n[nH]c2cc(-c3cnc(OC)c(C(=O)NCCCOCC(C)C)c3)ccc12. The van der Waals surface area contributed by atoms with Crippen molar-refractivity contribution in [1.29, 1.82) is 0 Å². The number of carbonyl (C=O) groups is 2. The summed E-state index contributed by atoms with van der Waals surface area (Å²) in [5.41, 5.74) is 2.97. The third kappa shape index (κ3) is 5.42. The number of rotatable bonds is 10. The third-order valence-electron chi connectivity index (χ3n) is 4.83. The predicted octanol–water partition coefficient (Wildman–Crippen LogP) is 2.79. The number of nitrogens with one attached hydrogen (secondary N) is 3. The lowest BCUT2D eigenvalue weighted by Gasteiger charge is -2.11. The lowest BCUT2D eigenvalue weighted by atomic mass is 10.0. The van der Waals surface area contributed by atoms with Gasteiger partial charge in [0.25, 0.3) is 11.8 Å². The van der Waals surface area contributed by atoms with E-state index in [1.165, 1.54) is 7.11 Å². The summed E-state index contributed by atoms with van der Waals surface area (Å²) in [5, 5.41) is 13.2. The van der Waals surface area contributed by atoms with E-state index >= 15 is 0 Å². The number of hydrogen-bond donors (Lipinski definition) is 3. The summed E-state index contributed by atoms with van der Waals surface area (Å²) in [4.78, 5) is 29.0. The van der Waals surface area contributed by atoms with Crippen LogP contribution >= 0.6 is 0 Å². The maximum Gasteiger partial charge on any atom is 0.272 e. The van der Waals surface area contributed by atoms with Crippen LogP contribution in [0.2, 0.25) is 0 Å². The minimum Gasteiger partial charge on any atom is -0.480 e. The number of nitrogens with zero attached hydrogens (tertiary/aromatic N) is 2. The molecule has 3 aromatic rings. The molecule has 0 unspecified atom stereocenters.